The van der Waals surface area contributed by atoms with Crippen molar-refractivity contribution in [3.63, 3.8) is 0 Å². The molecule has 0 aliphatic rings. The molecule has 0 fully saturated rings. The van der Waals surface area contributed by atoms with Crippen molar-refractivity contribution in [2.75, 3.05) is 6.54 Å². The number of hydrogen-bond acceptors (Lipinski definition) is 3. The molecule has 0 aliphatic carbocycles. The lowest BCUT2D eigenvalue weighted by Gasteiger charge is -2.08. The van der Waals surface area contributed by atoms with Gasteiger partial charge in [0.1, 0.15) is 12.1 Å². The summed E-state index contributed by atoms with van der Waals surface area (Å²) in [6.07, 6.45) is 2.56. The molecule has 22 heavy (non-hydrogen) atoms. The molecule has 0 saturated heterocycles. The maximum Gasteiger partial charge on any atom is 0.291 e. The highest BCUT2D eigenvalue weighted by Gasteiger charge is 2.16. The highest BCUT2D eigenvalue weighted by atomic mass is 16.2. The fraction of sp³-hybridized carbons (Fsp3) is 0.312. The Balaban J connectivity index is 2.23. The minimum absolute atomic E-state index is 0.0941. The summed E-state index contributed by atoms with van der Waals surface area (Å²) in [5, 5.41) is 8.65. The Morgan fingerprint density at radius 2 is 2.05 bits per heavy atom. The number of nitrogens with one attached hydrogen (secondary N) is 1. The Hall–Kier alpha value is -2.63. The van der Waals surface area contributed by atoms with Gasteiger partial charge < -0.3 is 9.88 Å². The number of aromatic nitrogens is 3. The predicted octanol–water partition coefficient (Wildman–Crippen LogP) is 1.41. The number of benzene rings is 1. The van der Waals surface area contributed by atoms with E-state index in [1.165, 1.54) is 4.68 Å². The maximum absolute atomic E-state index is 12.5. The van der Waals surface area contributed by atoms with Gasteiger partial charge in [-0.3, -0.25) is 9.59 Å². The number of aryl methyl sites for hydroxylation is 1. The Labute approximate surface area is 127 Å². The van der Waals surface area contributed by atoms with Gasteiger partial charge in [0.05, 0.1) is 6.20 Å². The lowest BCUT2D eigenvalue weighted by atomic mass is 10.2. The lowest BCUT2D eigenvalue weighted by molar-refractivity contribution is -0.121. The lowest BCUT2D eigenvalue weighted by Crippen LogP contribution is -2.29. The topological polar surface area (TPSA) is 68.9 Å². The summed E-state index contributed by atoms with van der Waals surface area (Å²) in [6, 6.07) is 7.68. The molecule has 0 unspecified atom stereocenters. The summed E-state index contributed by atoms with van der Waals surface area (Å²) in [6.45, 7) is 2.76. The highest BCUT2D eigenvalue weighted by molar-refractivity contribution is 6.07. The molecular formula is C16H18N4O2. The number of fused-ring (bicyclic) bond motifs is 3. The van der Waals surface area contributed by atoms with Crippen molar-refractivity contribution >= 4 is 27.7 Å². The van der Waals surface area contributed by atoms with E-state index in [0.717, 1.165) is 22.7 Å². The summed E-state index contributed by atoms with van der Waals surface area (Å²) in [4.78, 5) is 24.6. The maximum atomic E-state index is 12.5. The molecule has 3 rings (SSSR count). The third-order valence-corrected chi connectivity index (χ3v) is 3.74. The molecule has 0 aliphatic heterocycles. The van der Waals surface area contributed by atoms with Crippen molar-refractivity contribution in [2.45, 2.75) is 19.9 Å². The van der Waals surface area contributed by atoms with E-state index in [1.807, 2.05) is 31.2 Å². The molecule has 3 aromatic rings. The average Bonchev–Trinajstić information content (AvgIpc) is 2.84. The molecule has 2 aromatic heterocycles. The van der Waals surface area contributed by atoms with E-state index < -0.39 is 0 Å². The minimum Gasteiger partial charge on any atom is -0.355 e. The van der Waals surface area contributed by atoms with E-state index in [1.54, 1.807) is 17.8 Å². The van der Waals surface area contributed by atoms with Gasteiger partial charge in [0, 0.05) is 29.9 Å². The Morgan fingerprint density at radius 1 is 1.27 bits per heavy atom. The number of carbonyl (C=O) groups is 1. The van der Waals surface area contributed by atoms with Crippen molar-refractivity contribution < 1.29 is 4.79 Å². The number of hydrogen-bond donors (Lipinski definition) is 1. The monoisotopic (exact) mass is 298 g/mol. The molecule has 1 aromatic carbocycles. The summed E-state index contributed by atoms with van der Waals surface area (Å²) < 4.78 is 3.07. The molecular weight excluding hydrogens is 280 g/mol. The largest absolute Gasteiger partial charge is 0.355 e. The van der Waals surface area contributed by atoms with E-state index in [2.05, 4.69) is 10.4 Å². The van der Waals surface area contributed by atoms with Gasteiger partial charge >= 0.3 is 0 Å². The van der Waals surface area contributed by atoms with Gasteiger partial charge in [0.25, 0.3) is 5.56 Å². The third kappa shape index (κ3) is 2.26. The molecule has 0 atom stereocenters. The standard InChI is InChI=1S/C16H18N4O2/c1-3-8-17-14(21)10-20-13-7-5-4-6-11(13)12-9-18-19(2)16(22)15(12)20/h4-7,9H,3,8,10H2,1-2H3,(H,17,21). The number of amides is 1. The quantitative estimate of drug-likeness (QED) is 0.792. The number of carbonyl (C=O) groups excluding carboxylic acids is 1. The van der Waals surface area contributed by atoms with Crippen LogP contribution in [0.15, 0.2) is 35.3 Å². The van der Waals surface area contributed by atoms with Crippen molar-refractivity contribution in [1.82, 2.24) is 19.7 Å². The second-order valence-electron chi connectivity index (χ2n) is 5.29. The van der Waals surface area contributed by atoms with Gasteiger partial charge in [-0.2, -0.15) is 5.10 Å². The molecule has 6 heteroatoms. The minimum atomic E-state index is -0.197. The van der Waals surface area contributed by atoms with E-state index in [-0.39, 0.29) is 18.0 Å². The summed E-state index contributed by atoms with van der Waals surface area (Å²) >= 11 is 0. The second kappa shape index (κ2) is 5.63. The van der Waals surface area contributed by atoms with E-state index in [4.69, 9.17) is 0 Å². The predicted molar refractivity (Wildman–Crippen MR) is 85.8 cm³/mol. The summed E-state index contributed by atoms with van der Waals surface area (Å²) in [7, 11) is 1.61. The normalized spacial score (nSPS) is 11.2. The van der Waals surface area contributed by atoms with Crippen molar-refractivity contribution in [3.05, 3.63) is 40.8 Å². The molecule has 2 heterocycles. The van der Waals surface area contributed by atoms with Crippen LogP contribution in [0.25, 0.3) is 21.8 Å². The van der Waals surface area contributed by atoms with Gasteiger partial charge in [-0.1, -0.05) is 25.1 Å². The average molecular weight is 298 g/mol. The van der Waals surface area contributed by atoms with Crippen LogP contribution in [0.4, 0.5) is 0 Å². The SMILES string of the molecule is CCCNC(=O)Cn1c2ccccc2c2cnn(C)c(=O)c21. The first-order valence-electron chi connectivity index (χ1n) is 7.33. The van der Waals surface area contributed by atoms with Crippen LogP contribution in [0.5, 0.6) is 0 Å². The molecule has 0 saturated carbocycles. The zero-order valence-corrected chi connectivity index (χ0v) is 12.7. The van der Waals surface area contributed by atoms with E-state index in [0.29, 0.717) is 12.1 Å². The smallest absolute Gasteiger partial charge is 0.291 e. The zero-order valence-electron chi connectivity index (χ0n) is 12.7. The summed E-state index contributed by atoms with van der Waals surface area (Å²) in [5.41, 5.74) is 1.19. The number of para-hydroxylation sites is 1. The molecule has 0 spiro atoms. The van der Waals surface area contributed by atoms with E-state index >= 15 is 0 Å². The Kier molecular flexibility index (Phi) is 3.66. The zero-order chi connectivity index (χ0) is 15.7. The van der Waals surface area contributed by atoms with Gasteiger partial charge in [0.15, 0.2) is 0 Å². The molecule has 6 nitrogen and oxygen atoms in total. The van der Waals surface area contributed by atoms with Crippen LogP contribution >= 0.6 is 0 Å². The summed E-state index contributed by atoms with van der Waals surface area (Å²) in [5.74, 6) is -0.0941. The Bertz CT molecular complexity index is 908. The van der Waals surface area contributed by atoms with Crippen molar-refractivity contribution in [2.24, 2.45) is 7.05 Å². The molecule has 0 radical (unpaired) electrons. The first-order chi connectivity index (χ1) is 10.6. The van der Waals surface area contributed by atoms with Gasteiger partial charge in [-0.25, -0.2) is 4.68 Å². The first kappa shape index (κ1) is 14.3. The molecule has 1 N–H and O–H groups in total. The first-order valence-corrected chi connectivity index (χ1v) is 7.33. The van der Waals surface area contributed by atoms with Crippen LogP contribution in [0.1, 0.15) is 13.3 Å². The molecule has 0 bridgehead atoms. The number of nitrogens with zero attached hydrogens (tertiary/aromatic N) is 3. The van der Waals surface area contributed by atoms with Crippen LogP contribution in [-0.4, -0.2) is 26.8 Å². The van der Waals surface area contributed by atoms with Crippen molar-refractivity contribution in [1.29, 1.82) is 0 Å². The Morgan fingerprint density at radius 3 is 2.82 bits per heavy atom. The van der Waals surface area contributed by atoms with Gasteiger partial charge in [-0.05, 0) is 12.5 Å². The van der Waals surface area contributed by atoms with Gasteiger partial charge in [0.2, 0.25) is 5.91 Å². The molecule has 1 amide bonds. The van der Waals surface area contributed by atoms with Gasteiger partial charge in [-0.15, -0.1) is 0 Å². The highest BCUT2D eigenvalue weighted by Crippen LogP contribution is 2.25. The second-order valence-corrected chi connectivity index (χ2v) is 5.29. The fourth-order valence-electron chi connectivity index (χ4n) is 2.67. The van der Waals surface area contributed by atoms with Crippen molar-refractivity contribution in [3.8, 4) is 0 Å². The third-order valence-electron chi connectivity index (χ3n) is 3.74. The number of rotatable bonds is 4. The fourth-order valence-corrected chi connectivity index (χ4v) is 2.67. The van der Waals surface area contributed by atoms with Crippen LogP contribution < -0.4 is 10.9 Å². The van der Waals surface area contributed by atoms with Crippen LogP contribution in [0.2, 0.25) is 0 Å². The van der Waals surface area contributed by atoms with E-state index in [9.17, 15) is 9.59 Å². The van der Waals surface area contributed by atoms with Crippen LogP contribution in [0.3, 0.4) is 0 Å². The van der Waals surface area contributed by atoms with Crippen LogP contribution in [0, 0.1) is 0 Å². The van der Waals surface area contributed by atoms with Crippen LogP contribution in [-0.2, 0) is 18.4 Å². The molecule has 114 valence electrons.